The van der Waals surface area contributed by atoms with Gasteiger partial charge in [0.05, 0.1) is 18.2 Å². The number of carbonyl (C=O) groups is 2. The molecule has 1 heterocycles. The summed E-state index contributed by atoms with van der Waals surface area (Å²) in [5, 5.41) is 2.83. The lowest BCUT2D eigenvalue weighted by Crippen LogP contribution is -2.32. The Bertz CT molecular complexity index is 614. The molecule has 1 aromatic carbocycles. The summed E-state index contributed by atoms with van der Waals surface area (Å²) in [6, 6.07) is 14.8. The molecule has 0 spiro atoms. The molecular formula is C17H18N2O3. The molecule has 1 atom stereocenters. The molecular weight excluding hydrogens is 280 g/mol. The molecule has 22 heavy (non-hydrogen) atoms. The van der Waals surface area contributed by atoms with Crippen LogP contribution in [0.3, 0.4) is 0 Å². The third-order valence-corrected chi connectivity index (χ3v) is 3.14. The number of benzene rings is 1. The summed E-state index contributed by atoms with van der Waals surface area (Å²) in [4.78, 5) is 27.6. The maximum Gasteiger partial charge on any atom is 0.302 e. The van der Waals surface area contributed by atoms with Gasteiger partial charge in [-0.25, -0.2) is 0 Å². The van der Waals surface area contributed by atoms with Gasteiger partial charge in [0.1, 0.15) is 6.61 Å². The zero-order valence-electron chi connectivity index (χ0n) is 12.4. The van der Waals surface area contributed by atoms with Crippen LogP contribution in [-0.4, -0.2) is 23.5 Å². The Kier molecular flexibility index (Phi) is 5.65. The molecule has 0 aliphatic rings. The Labute approximate surface area is 129 Å². The minimum absolute atomic E-state index is 0.0212. The second-order valence-electron chi connectivity index (χ2n) is 4.80. The Hall–Kier alpha value is -2.69. The molecule has 0 saturated carbocycles. The van der Waals surface area contributed by atoms with E-state index < -0.39 is 11.9 Å². The number of ether oxygens (including phenoxy) is 1. The van der Waals surface area contributed by atoms with Crippen LogP contribution in [0, 0.1) is 0 Å². The SMILES string of the molecule is CC(=O)OCC(C(=O)NCc1ccccn1)c1ccccc1. The predicted molar refractivity (Wildman–Crippen MR) is 81.9 cm³/mol. The molecule has 5 nitrogen and oxygen atoms in total. The molecule has 0 bridgehead atoms. The van der Waals surface area contributed by atoms with Gasteiger partial charge >= 0.3 is 5.97 Å². The summed E-state index contributed by atoms with van der Waals surface area (Å²) in [5.74, 6) is -1.13. The van der Waals surface area contributed by atoms with Gasteiger partial charge < -0.3 is 10.1 Å². The third kappa shape index (κ3) is 4.70. The van der Waals surface area contributed by atoms with E-state index in [1.165, 1.54) is 6.92 Å². The number of amides is 1. The van der Waals surface area contributed by atoms with Crippen LogP contribution in [0.25, 0.3) is 0 Å². The van der Waals surface area contributed by atoms with Gasteiger partial charge in [-0.15, -0.1) is 0 Å². The van der Waals surface area contributed by atoms with Crippen LogP contribution >= 0.6 is 0 Å². The molecule has 0 radical (unpaired) electrons. The number of rotatable bonds is 6. The molecule has 5 heteroatoms. The Morgan fingerprint density at radius 1 is 1.14 bits per heavy atom. The molecule has 2 aromatic rings. The van der Waals surface area contributed by atoms with Gasteiger partial charge in [-0.3, -0.25) is 14.6 Å². The summed E-state index contributed by atoms with van der Waals surface area (Å²) >= 11 is 0. The number of hydrogen-bond donors (Lipinski definition) is 1. The average molecular weight is 298 g/mol. The van der Waals surface area contributed by atoms with Gasteiger partial charge in [0.15, 0.2) is 0 Å². The van der Waals surface area contributed by atoms with Gasteiger partial charge in [0.2, 0.25) is 5.91 Å². The molecule has 1 amide bonds. The smallest absolute Gasteiger partial charge is 0.302 e. The highest BCUT2D eigenvalue weighted by atomic mass is 16.5. The molecule has 114 valence electrons. The van der Waals surface area contributed by atoms with E-state index in [1.54, 1.807) is 6.20 Å². The molecule has 0 fully saturated rings. The van der Waals surface area contributed by atoms with Crippen molar-refractivity contribution in [3.05, 3.63) is 66.0 Å². The van der Waals surface area contributed by atoms with Crippen molar-refractivity contribution in [1.82, 2.24) is 10.3 Å². The lowest BCUT2D eigenvalue weighted by atomic mass is 9.99. The Morgan fingerprint density at radius 2 is 1.86 bits per heavy atom. The lowest BCUT2D eigenvalue weighted by Gasteiger charge is -2.17. The molecule has 1 aromatic heterocycles. The quantitative estimate of drug-likeness (QED) is 0.829. The fraction of sp³-hybridized carbons (Fsp3) is 0.235. The number of carbonyl (C=O) groups excluding carboxylic acids is 2. The first kappa shape index (κ1) is 15.7. The largest absolute Gasteiger partial charge is 0.465 e. The van der Waals surface area contributed by atoms with Crippen molar-refractivity contribution in [3.8, 4) is 0 Å². The first-order valence-electron chi connectivity index (χ1n) is 7.02. The van der Waals surface area contributed by atoms with E-state index in [1.807, 2.05) is 48.5 Å². The number of nitrogens with one attached hydrogen (secondary N) is 1. The van der Waals surface area contributed by atoms with Crippen LogP contribution in [0.5, 0.6) is 0 Å². The summed E-state index contributed by atoms with van der Waals surface area (Å²) in [5.41, 5.74) is 1.58. The number of esters is 1. The highest BCUT2D eigenvalue weighted by molar-refractivity contribution is 5.84. The van der Waals surface area contributed by atoms with Gasteiger partial charge in [0.25, 0.3) is 0 Å². The van der Waals surface area contributed by atoms with Crippen LogP contribution in [0.15, 0.2) is 54.7 Å². The normalized spacial score (nSPS) is 11.5. The zero-order valence-corrected chi connectivity index (χ0v) is 12.4. The molecule has 1 unspecified atom stereocenters. The summed E-state index contributed by atoms with van der Waals surface area (Å²) < 4.78 is 5.02. The Morgan fingerprint density at radius 3 is 2.50 bits per heavy atom. The highest BCUT2D eigenvalue weighted by Gasteiger charge is 2.21. The van der Waals surface area contributed by atoms with Crippen molar-refractivity contribution in [2.24, 2.45) is 0 Å². The molecule has 1 N–H and O–H groups in total. The fourth-order valence-electron chi connectivity index (χ4n) is 2.01. The van der Waals surface area contributed by atoms with Crippen LogP contribution in [0.1, 0.15) is 24.1 Å². The number of aromatic nitrogens is 1. The fourth-order valence-corrected chi connectivity index (χ4v) is 2.01. The standard InChI is InChI=1S/C17H18N2O3/c1-13(20)22-12-16(14-7-3-2-4-8-14)17(21)19-11-15-9-5-6-10-18-15/h2-10,16H,11-12H2,1H3,(H,19,21). The maximum absolute atomic E-state index is 12.4. The van der Waals surface area contributed by atoms with Crippen molar-refractivity contribution in [1.29, 1.82) is 0 Å². The third-order valence-electron chi connectivity index (χ3n) is 3.14. The van der Waals surface area contributed by atoms with Gasteiger partial charge in [-0.1, -0.05) is 36.4 Å². The van der Waals surface area contributed by atoms with E-state index in [4.69, 9.17) is 4.74 Å². The van der Waals surface area contributed by atoms with Crippen LogP contribution in [-0.2, 0) is 20.9 Å². The molecule has 0 aliphatic carbocycles. The van der Waals surface area contributed by atoms with Crippen molar-refractivity contribution in [2.75, 3.05) is 6.61 Å². The van der Waals surface area contributed by atoms with Gasteiger partial charge in [-0.05, 0) is 17.7 Å². The number of nitrogens with zero attached hydrogens (tertiary/aromatic N) is 1. The molecule has 0 aliphatic heterocycles. The topological polar surface area (TPSA) is 68.3 Å². The van der Waals surface area contributed by atoms with E-state index in [-0.39, 0.29) is 12.5 Å². The predicted octanol–water partition coefficient (Wildman–Crippen LogP) is 2.04. The first-order valence-corrected chi connectivity index (χ1v) is 7.02. The van der Waals surface area contributed by atoms with E-state index in [2.05, 4.69) is 10.3 Å². The van der Waals surface area contributed by atoms with Crippen molar-refractivity contribution in [3.63, 3.8) is 0 Å². The second kappa shape index (κ2) is 7.93. The van der Waals surface area contributed by atoms with Crippen molar-refractivity contribution >= 4 is 11.9 Å². The minimum Gasteiger partial charge on any atom is -0.465 e. The van der Waals surface area contributed by atoms with E-state index >= 15 is 0 Å². The average Bonchev–Trinajstić information content (AvgIpc) is 2.55. The van der Waals surface area contributed by atoms with E-state index in [0.717, 1.165) is 11.3 Å². The Balaban J connectivity index is 2.04. The lowest BCUT2D eigenvalue weighted by molar-refractivity contribution is -0.142. The summed E-state index contributed by atoms with van der Waals surface area (Å²) in [6.45, 7) is 1.68. The van der Waals surface area contributed by atoms with Crippen molar-refractivity contribution < 1.29 is 14.3 Å². The first-order chi connectivity index (χ1) is 10.7. The highest BCUT2D eigenvalue weighted by Crippen LogP contribution is 2.16. The molecule has 0 saturated heterocycles. The van der Waals surface area contributed by atoms with Crippen molar-refractivity contribution in [2.45, 2.75) is 19.4 Å². The van der Waals surface area contributed by atoms with Crippen LogP contribution in [0.2, 0.25) is 0 Å². The van der Waals surface area contributed by atoms with Gasteiger partial charge in [-0.2, -0.15) is 0 Å². The maximum atomic E-state index is 12.4. The zero-order chi connectivity index (χ0) is 15.8. The number of pyridine rings is 1. The monoisotopic (exact) mass is 298 g/mol. The molecule has 2 rings (SSSR count). The van der Waals surface area contributed by atoms with E-state index in [9.17, 15) is 9.59 Å². The van der Waals surface area contributed by atoms with Gasteiger partial charge in [0, 0.05) is 13.1 Å². The number of hydrogen-bond acceptors (Lipinski definition) is 4. The summed E-state index contributed by atoms with van der Waals surface area (Å²) in [6.07, 6.45) is 1.68. The van der Waals surface area contributed by atoms with E-state index in [0.29, 0.717) is 6.54 Å². The van der Waals surface area contributed by atoms with Crippen LogP contribution < -0.4 is 5.32 Å². The van der Waals surface area contributed by atoms with Crippen LogP contribution in [0.4, 0.5) is 0 Å². The minimum atomic E-state index is -0.534. The summed E-state index contributed by atoms with van der Waals surface area (Å²) in [7, 11) is 0. The second-order valence-corrected chi connectivity index (χ2v) is 4.80.